The molecule has 1 aromatic heterocycles. The van der Waals surface area contributed by atoms with Crippen molar-refractivity contribution >= 4 is 12.9 Å². The van der Waals surface area contributed by atoms with E-state index in [2.05, 4.69) is 5.10 Å². The van der Waals surface area contributed by atoms with Crippen molar-refractivity contribution in [2.75, 3.05) is 0 Å². The molecule has 0 aromatic carbocycles. The third-order valence-corrected chi connectivity index (χ3v) is 1.66. The number of hydrogen-bond acceptors (Lipinski definition) is 3. The highest BCUT2D eigenvalue weighted by molar-refractivity contribution is 6.57. The lowest BCUT2D eigenvalue weighted by molar-refractivity contribution is 0.00693. The molecule has 17 heavy (non-hydrogen) atoms. The van der Waals surface area contributed by atoms with Gasteiger partial charge < -0.3 is 17.7 Å². The maximum Gasteiger partial charge on any atom is 0.499 e. The van der Waals surface area contributed by atoms with Crippen molar-refractivity contribution in [3.63, 3.8) is 0 Å². The lowest BCUT2D eigenvalue weighted by Gasteiger charge is -2.18. The number of aromatic nitrogens is 2. The van der Waals surface area contributed by atoms with E-state index in [1.807, 2.05) is 0 Å². The van der Waals surface area contributed by atoms with Crippen molar-refractivity contribution < 1.29 is 22.5 Å². The summed E-state index contributed by atoms with van der Waals surface area (Å²) >= 11 is 0. The van der Waals surface area contributed by atoms with Crippen molar-refractivity contribution in [1.82, 2.24) is 9.78 Å². The molecule has 0 radical (unpaired) electrons. The highest BCUT2D eigenvalue weighted by atomic mass is 19.4. The van der Waals surface area contributed by atoms with Crippen LogP contribution in [0.4, 0.5) is 12.9 Å². The molecule has 0 N–H and O–H groups in total. The summed E-state index contributed by atoms with van der Waals surface area (Å²) in [7, 11) is 0. The van der Waals surface area contributed by atoms with Crippen molar-refractivity contribution in [3.8, 4) is 0 Å². The Kier molecular flexibility index (Phi) is 3.54. The summed E-state index contributed by atoms with van der Waals surface area (Å²) in [4.78, 5) is 11.5. The maximum atomic E-state index is 12.1. The summed E-state index contributed by atoms with van der Waals surface area (Å²) < 4.78 is 42.0. The van der Waals surface area contributed by atoms with E-state index >= 15 is 0 Å². The number of ether oxygens (including phenoxy) is 1. The van der Waals surface area contributed by atoms with Gasteiger partial charge in [0.15, 0.2) is 0 Å². The molecule has 8 heteroatoms. The van der Waals surface area contributed by atoms with E-state index in [9.17, 15) is 17.7 Å². The molecule has 1 rings (SSSR count). The fourth-order valence-corrected chi connectivity index (χ4v) is 1.12. The first-order valence-corrected chi connectivity index (χ1v) is 5.04. The van der Waals surface area contributed by atoms with Crippen LogP contribution in [0.2, 0.25) is 0 Å². The maximum absolute atomic E-state index is 12.1. The van der Waals surface area contributed by atoms with E-state index in [-0.39, 0.29) is 5.56 Å². The zero-order valence-electron chi connectivity index (χ0n) is 9.78. The number of rotatable bonds is 3. The average Bonchev–Trinajstić information content (AvgIpc) is 2.45. The van der Waals surface area contributed by atoms with E-state index in [0.29, 0.717) is 4.68 Å². The zero-order valence-corrected chi connectivity index (χ0v) is 9.78. The van der Waals surface area contributed by atoms with E-state index in [1.165, 1.54) is 0 Å². The van der Waals surface area contributed by atoms with Gasteiger partial charge in [-0.2, -0.15) is 5.10 Å². The molecule has 0 fully saturated rings. The van der Waals surface area contributed by atoms with E-state index < -0.39 is 25.0 Å². The Balaban J connectivity index is 2.72. The number of carbonyl (C=O) groups excluding carboxylic acids is 1. The molecule has 4 nitrogen and oxygen atoms in total. The van der Waals surface area contributed by atoms with Crippen molar-refractivity contribution in [2.24, 2.45) is 0 Å². The minimum Gasteiger partial charge on any atom is -0.456 e. The summed E-state index contributed by atoms with van der Waals surface area (Å²) in [5.41, 5.74) is -0.673. The van der Waals surface area contributed by atoms with E-state index in [0.717, 1.165) is 12.4 Å². The molecular weight excluding hydrogens is 236 g/mol. The largest absolute Gasteiger partial charge is 0.499 e. The predicted molar refractivity (Wildman–Crippen MR) is 56.5 cm³/mol. The average molecular weight is 249 g/mol. The molecule has 1 heterocycles. The van der Waals surface area contributed by atoms with Gasteiger partial charge in [-0.1, -0.05) is 0 Å². The monoisotopic (exact) mass is 249 g/mol. The molecule has 1 aromatic rings. The van der Waals surface area contributed by atoms with E-state index in [1.54, 1.807) is 20.8 Å². The fraction of sp³-hybridized carbons (Fsp3) is 0.556. The summed E-state index contributed by atoms with van der Waals surface area (Å²) in [5.74, 6) is -0.682. The van der Waals surface area contributed by atoms with Gasteiger partial charge in [-0.05, 0) is 20.8 Å². The van der Waals surface area contributed by atoms with Crippen molar-refractivity contribution in [3.05, 3.63) is 18.0 Å². The second kappa shape index (κ2) is 4.42. The molecule has 0 atom stereocenters. The molecular formula is C9H13BF3N2O2-. The normalized spacial score (nSPS) is 12.6. The molecule has 0 bridgehead atoms. The minimum atomic E-state index is -4.97. The van der Waals surface area contributed by atoms with Crippen LogP contribution in [-0.4, -0.2) is 28.3 Å². The highest BCUT2D eigenvalue weighted by Gasteiger charge is 2.25. The first-order chi connectivity index (χ1) is 7.57. The number of hydrogen-bond donors (Lipinski definition) is 0. The van der Waals surface area contributed by atoms with Gasteiger partial charge >= 0.3 is 12.9 Å². The smallest absolute Gasteiger partial charge is 0.456 e. The molecule has 0 saturated heterocycles. The summed E-state index contributed by atoms with van der Waals surface area (Å²) in [6.45, 7) is 0.0510. The lowest BCUT2D eigenvalue weighted by atomic mass is 9.93. The molecule has 0 aliphatic carbocycles. The number of esters is 1. The topological polar surface area (TPSA) is 44.1 Å². The Morgan fingerprint density at radius 3 is 2.53 bits per heavy atom. The lowest BCUT2D eigenvalue weighted by Crippen LogP contribution is -2.25. The van der Waals surface area contributed by atoms with Gasteiger partial charge in [0, 0.05) is 12.6 Å². The molecule has 0 saturated carbocycles. The van der Waals surface area contributed by atoms with Crippen LogP contribution in [0.3, 0.4) is 0 Å². The van der Waals surface area contributed by atoms with Gasteiger partial charge in [0.1, 0.15) is 5.60 Å². The van der Waals surface area contributed by atoms with Gasteiger partial charge in [0.05, 0.1) is 11.8 Å². The quantitative estimate of drug-likeness (QED) is 0.609. The Labute approximate surface area is 96.8 Å². The fourth-order valence-electron chi connectivity index (χ4n) is 1.12. The zero-order chi connectivity index (χ0) is 13.3. The second-order valence-electron chi connectivity index (χ2n) is 4.66. The van der Waals surface area contributed by atoms with Crippen LogP contribution in [0.1, 0.15) is 31.1 Å². The second-order valence-corrected chi connectivity index (χ2v) is 4.66. The van der Waals surface area contributed by atoms with Gasteiger partial charge in [-0.15, -0.1) is 0 Å². The molecule has 0 aliphatic heterocycles. The highest BCUT2D eigenvalue weighted by Crippen LogP contribution is 2.14. The SMILES string of the molecule is CC(C)(C)OC(=O)c1cnn(C[B-](F)(F)F)c1. The van der Waals surface area contributed by atoms with Crippen LogP contribution in [0.25, 0.3) is 0 Å². The van der Waals surface area contributed by atoms with Gasteiger partial charge in [-0.3, -0.25) is 4.68 Å². The van der Waals surface area contributed by atoms with Crippen LogP contribution in [0.5, 0.6) is 0 Å². The van der Waals surface area contributed by atoms with Gasteiger partial charge in [-0.25, -0.2) is 4.79 Å². The number of nitrogens with zero attached hydrogens (tertiary/aromatic N) is 2. The molecule has 0 aliphatic rings. The first-order valence-electron chi connectivity index (χ1n) is 5.04. The summed E-state index contributed by atoms with van der Waals surface area (Å²) in [6.07, 6.45) is 0.933. The van der Waals surface area contributed by atoms with Crippen LogP contribution >= 0.6 is 0 Å². The van der Waals surface area contributed by atoms with Gasteiger partial charge in [0.25, 0.3) is 0 Å². The molecule has 0 unspecified atom stereocenters. The minimum absolute atomic E-state index is 0.0139. The standard InChI is InChI=1S/C9H13BF3N2O2/c1-9(2,3)17-8(16)7-4-14-15(5-7)6-10(11,12)13/h4-5H,6H2,1-3H3/q-1. The Bertz CT molecular complexity index is 409. The molecule has 0 amide bonds. The Morgan fingerprint density at radius 1 is 1.47 bits per heavy atom. The third kappa shape index (κ3) is 4.92. The van der Waals surface area contributed by atoms with Crippen LogP contribution < -0.4 is 0 Å². The van der Waals surface area contributed by atoms with Crippen LogP contribution in [0.15, 0.2) is 12.4 Å². The van der Waals surface area contributed by atoms with E-state index in [4.69, 9.17) is 4.74 Å². The summed E-state index contributed by atoms with van der Waals surface area (Å²) in [6, 6.07) is 0. The summed E-state index contributed by atoms with van der Waals surface area (Å²) in [5, 5.41) is 3.46. The Morgan fingerprint density at radius 2 is 2.06 bits per heavy atom. The third-order valence-electron chi connectivity index (χ3n) is 1.66. The Hall–Kier alpha value is -1.47. The van der Waals surface area contributed by atoms with Crippen molar-refractivity contribution in [1.29, 1.82) is 0 Å². The number of halogens is 3. The van der Waals surface area contributed by atoms with Crippen molar-refractivity contribution in [2.45, 2.75) is 32.8 Å². The predicted octanol–water partition coefficient (Wildman–Crippen LogP) is 2.22. The molecule has 96 valence electrons. The van der Waals surface area contributed by atoms with Gasteiger partial charge in [0.2, 0.25) is 0 Å². The number of carbonyl (C=O) groups is 1. The molecule has 0 spiro atoms. The van der Waals surface area contributed by atoms with Crippen LogP contribution in [-0.2, 0) is 11.2 Å². The van der Waals surface area contributed by atoms with Crippen LogP contribution in [0, 0.1) is 0 Å². The first kappa shape index (κ1) is 13.6.